The highest BCUT2D eigenvalue weighted by Gasteiger charge is 2.11. The predicted molar refractivity (Wildman–Crippen MR) is 116 cm³/mol. The van der Waals surface area contributed by atoms with Gasteiger partial charge in [-0.2, -0.15) is 0 Å². The number of fused-ring (bicyclic) bond motifs is 3. The van der Waals surface area contributed by atoms with Gasteiger partial charge < -0.3 is 9.47 Å². The second kappa shape index (κ2) is 10.3. The van der Waals surface area contributed by atoms with E-state index in [9.17, 15) is 4.39 Å². The lowest BCUT2D eigenvalue weighted by atomic mass is 10.0. The van der Waals surface area contributed by atoms with Crippen molar-refractivity contribution >= 4 is 21.5 Å². The van der Waals surface area contributed by atoms with E-state index in [1.54, 1.807) is 6.07 Å². The van der Waals surface area contributed by atoms with E-state index in [0.29, 0.717) is 24.3 Å². The minimum Gasteiger partial charge on any atom is -0.494 e. The Bertz CT molecular complexity index is 904. The molecule has 3 aromatic rings. The summed E-state index contributed by atoms with van der Waals surface area (Å²) in [5, 5.41) is 3.60. The van der Waals surface area contributed by atoms with Gasteiger partial charge in [0.25, 0.3) is 0 Å². The van der Waals surface area contributed by atoms with Crippen molar-refractivity contribution in [3.63, 3.8) is 0 Å². The van der Waals surface area contributed by atoms with Crippen LogP contribution in [-0.2, 0) is 0 Å². The largest absolute Gasteiger partial charge is 0.494 e. The van der Waals surface area contributed by atoms with Crippen molar-refractivity contribution in [3.8, 4) is 11.5 Å². The summed E-state index contributed by atoms with van der Waals surface area (Å²) in [5.74, 6) is 0.938. The lowest BCUT2D eigenvalue weighted by Crippen LogP contribution is -2.00. The Kier molecular flexibility index (Phi) is 7.53. The van der Waals surface area contributed by atoms with Gasteiger partial charge in [-0.15, -0.1) is 0 Å². The summed E-state index contributed by atoms with van der Waals surface area (Å²) in [6.45, 7) is 5.57. The average Bonchev–Trinajstić information content (AvgIpc) is 2.72. The predicted octanol–water partition coefficient (Wildman–Crippen LogP) is 7.66. The Morgan fingerprint density at radius 2 is 1.43 bits per heavy atom. The van der Waals surface area contributed by atoms with Crippen molar-refractivity contribution < 1.29 is 13.9 Å². The lowest BCUT2D eigenvalue weighted by Gasteiger charge is -2.12. The zero-order valence-electron chi connectivity index (χ0n) is 17.1. The molecule has 0 aliphatic heterocycles. The molecule has 0 saturated carbocycles. The lowest BCUT2D eigenvalue weighted by molar-refractivity contribution is 0.291. The SMILES string of the molecule is CCCCCCCCOc1ccc2c(ccc3cc(OCCC)ccc32)c1F. The first-order valence-corrected chi connectivity index (χ1v) is 10.6. The molecule has 0 atom stereocenters. The van der Waals surface area contributed by atoms with Crippen molar-refractivity contribution in [2.75, 3.05) is 13.2 Å². The third-order valence-electron chi connectivity index (χ3n) is 5.12. The normalized spacial score (nSPS) is 11.2. The third kappa shape index (κ3) is 4.95. The Morgan fingerprint density at radius 3 is 2.25 bits per heavy atom. The molecule has 0 bridgehead atoms. The van der Waals surface area contributed by atoms with Crippen LogP contribution in [0.3, 0.4) is 0 Å². The molecule has 3 aromatic carbocycles. The molecule has 0 spiro atoms. The van der Waals surface area contributed by atoms with Gasteiger partial charge in [0.15, 0.2) is 11.6 Å². The molecule has 0 unspecified atom stereocenters. The number of hydrogen-bond acceptors (Lipinski definition) is 2. The summed E-state index contributed by atoms with van der Waals surface area (Å²) in [4.78, 5) is 0. The number of rotatable bonds is 11. The molecule has 0 radical (unpaired) electrons. The number of hydrogen-bond donors (Lipinski definition) is 0. The molecular formula is C25H31FO2. The fraction of sp³-hybridized carbons (Fsp3) is 0.440. The van der Waals surface area contributed by atoms with Gasteiger partial charge in [-0.05, 0) is 53.3 Å². The molecule has 0 N–H and O–H groups in total. The highest BCUT2D eigenvalue weighted by molar-refractivity contribution is 6.08. The van der Waals surface area contributed by atoms with Crippen LogP contribution in [0.5, 0.6) is 11.5 Å². The molecular weight excluding hydrogens is 351 g/mol. The molecule has 0 aliphatic carbocycles. The van der Waals surface area contributed by atoms with Gasteiger partial charge in [0, 0.05) is 5.39 Å². The molecule has 0 aromatic heterocycles. The fourth-order valence-electron chi connectivity index (χ4n) is 3.55. The van der Waals surface area contributed by atoms with E-state index in [1.165, 1.54) is 25.7 Å². The van der Waals surface area contributed by atoms with E-state index in [2.05, 4.69) is 13.8 Å². The number of ether oxygens (including phenoxy) is 2. The van der Waals surface area contributed by atoms with Crippen LogP contribution in [0.2, 0.25) is 0 Å². The monoisotopic (exact) mass is 382 g/mol. The Labute approximate surface area is 167 Å². The molecule has 28 heavy (non-hydrogen) atoms. The fourth-order valence-corrected chi connectivity index (χ4v) is 3.55. The van der Waals surface area contributed by atoms with Gasteiger partial charge >= 0.3 is 0 Å². The topological polar surface area (TPSA) is 18.5 Å². The molecule has 3 heteroatoms. The van der Waals surface area contributed by atoms with E-state index in [1.807, 2.05) is 36.4 Å². The molecule has 150 valence electrons. The maximum atomic E-state index is 15.0. The van der Waals surface area contributed by atoms with Gasteiger partial charge in [-0.25, -0.2) is 4.39 Å². The average molecular weight is 383 g/mol. The summed E-state index contributed by atoms with van der Waals surface area (Å²) in [5.41, 5.74) is 0. The first kappa shape index (κ1) is 20.4. The summed E-state index contributed by atoms with van der Waals surface area (Å²) < 4.78 is 26.4. The van der Waals surface area contributed by atoms with Crippen molar-refractivity contribution in [2.24, 2.45) is 0 Å². The van der Waals surface area contributed by atoms with Crippen LogP contribution >= 0.6 is 0 Å². The molecule has 0 saturated heterocycles. The molecule has 0 amide bonds. The van der Waals surface area contributed by atoms with Crippen LogP contribution in [-0.4, -0.2) is 13.2 Å². The van der Waals surface area contributed by atoms with Crippen LogP contribution < -0.4 is 9.47 Å². The standard InChI is InChI=1S/C25H31FO2/c1-3-5-6-7-8-9-17-28-24-15-14-22-21-13-11-20(27-16-4-2)18-19(21)10-12-23(22)25(24)26/h10-15,18H,3-9,16-17H2,1-2H3. The molecule has 3 rings (SSSR count). The van der Waals surface area contributed by atoms with Crippen LogP contribution in [0.4, 0.5) is 4.39 Å². The van der Waals surface area contributed by atoms with Crippen molar-refractivity contribution in [1.82, 2.24) is 0 Å². The first-order valence-electron chi connectivity index (χ1n) is 10.6. The second-order valence-corrected chi connectivity index (χ2v) is 7.39. The highest BCUT2D eigenvalue weighted by Crippen LogP contribution is 2.33. The maximum absolute atomic E-state index is 15.0. The van der Waals surface area contributed by atoms with Gasteiger partial charge in [-0.3, -0.25) is 0 Å². The molecule has 0 heterocycles. The van der Waals surface area contributed by atoms with Crippen molar-refractivity contribution in [3.05, 3.63) is 48.3 Å². The summed E-state index contributed by atoms with van der Waals surface area (Å²) in [7, 11) is 0. The number of unbranched alkanes of at least 4 members (excludes halogenated alkanes) is 5. The van der Waals surface area contributed by atoms with Gasteiger partial charge in [-0.1, -0.05) is 64.2 Å². The van der Waals surface area contributed by atoms with Gasteiger partial charge in [0.1, 0.15) is 5.75 Å². The zero-order chi connectivity index (χ0) is 19.8. The minimum absolute atomic E-state index is 0.267. The quantitative estimate of drug-likeness (QED) is 0.250. The minimum atomic E-state index is -0.267. The number of benzene rings is 3. The second-order valence-electron chi connectivity index (χ2n) is 7.39. The summed E-state index contributed by atoms with van der Waals surface area (Å²) in [6, 6.07) is 13.5. The first-order chi connectivity index (χ1) is 13.7. The van der Waals surface area contributed by atoms with Crippen LogP contribution in [0.1, 0.15) is 58.8 Å². The summed E-state index contributed by atoms with van der Waals surface area (Å²) >= 11 is 0. The van der Waals surface area contributed by atoms with Crippen LogP contribution in [0, 0.1) is 5.82 Å². The Morgan fingerprint density at radius 1 is 0.679 bits per heavy atom. The van der Waals surface area contributed by atoms with E-state index in [-0.39, 0.29) is 5.82 Å². The molecule has 2 nitrogen and oxygen atoms in total. The third-order valence-corrected chi connectivity index (χ3v) is 5.12. The van der Waals surface area contributed by atoms with Crippen molar-refractivity contribution in [2.45, 2.75) is 58.8 Å². The van der Waals surface area contributed by atoms with Crippen LogP contribution in [0.15, 0.2) is 42.5 Å². The van der Waals surface area contributed by atoms with E-state index < -0.39 is 0 Å². The Hall–Kier alpha value is -2.29. The smallest absolute Gasteiger partial charge is 0.172 e. The van der Waals surface area contributed by atoms with E-state index >= 15 is 0 Å². The zero-order valence-corrected chi connectivity index (χ0v) is 17.1. The van der Waals surface area contributed by atoms with E-state index in [4.69, 9.17) is 9.47 Å². The van der Waals surface area contributed by atoms with Crippen LogP contribution in [0.25, 0.3) is 21.5 Å². The summed E-state index contributed by atoms with van der Waals surface area (Å²) in [6.07, 6.45) is 8.14. The number of halogens is 1. The van der Waals surface area contributed by atoms with E-state index in [0.717, 1.165) is 41.2 Å². The molecule has 0 fully saturated rings. The maximum Gasteiger partial charge on any atom is 0.172 e. The highest BCUT2D eigenvalue weighted by atomic mass is 19.1. The van der Waals surface area contributed by atoms with Gasteiger partial charge in [0.2, 0.25) is 0 Å². The molecule has 0 aliphatic rings. The van der Waals surface area contributed by atoms with Gasteiger partial charge in [0.05, 0.1) is 13.2 Å². The Balaban J connectivity index is 1.71. The van der Waals surface area contributed by atoms with Crippen molar-refractivity contribution in [1.29, 1.82) is 0 Å².